The summed E-state index contributed by atoms with van der Waals surface area (Å²) in [4.78, 5) is 11.1. The van der Waals surface area contributed by atoms with Crippen molar-refractivity contribution in [3.63, 3.8) is 0 Å². The Bertz CT molecular complexity index is 549. The molecule has 0 radical (unpaired) electrons. The van der Waals surface area contributed by atoms with E-state index in [1.54, 1.807) is 24.3 Å². The summed E-state index contributed by atoms with van der Waals surface area (Å²) in [6.07, 6.45) is 0. The maximum absolute atomic E-state index is 11.1. The highest BCUT2D eigenvalue weighted by Crippen LogP contribution is 2.29. The van der Waals surface area contributed by atoms with E-state index in [9.17, 15) is 4.79 Å². The molecule has 0 atom stereocenters. The van der Waals surface area contributed by atoms with Crippen LogP contribution in [0.15, 0.2) is 48.5 Å². The molecule has 0 saturated heterocycles. The second-order valence-corrected chi connectivity index (χ2v) is 3.58. The van der Waals surface area contributed by atoms with E-state index < -0.39 is 5.97 Å². The van der Waals surface area contributed by atoms with E-state index in [1.165, 1.54) is 13.2 Å². The molecular weight excluding hydrogens is 232 g/mol. The molecule has 0 aliphatic heterocycles. The third-order valence-corrected chi connectivity index (χ3v) is 2.39. The van der Waals surface area contributed by atoms with Gasteiger partial charge in [0.05, 0.1) is 7.11 Å². The van der Waals surface area contributed by atoms with E-state index in [0.29, 0.717) is 11.5 Å². The number of rotatable bonds is 4. The summed E-state index contributed by atoms with van der Waals surface area (Å²) < 4.78 is 10.6. The Morgan fingerprint density at radius 2 is 1.78 bits per heavy atom. The van der Waals surface area contributed by atoms with Gasteiger partial charge in [-0.25, -0.2) is 4.79 Å². The smallest absolute Gasteiger partial charge is 0.339 e. The van der Waals surface area contributed by atoms with E-state index in [4.69, 9.17) is 14.6 Å². The molecule has 4 heteroatoms. The highest BCUT2D eigenvalue weighted by atomic mass is 16.5. The lowest BCUT2D eigenvalue weighted by molar-refractivity contribution is 0.0694. The van der Waals surface area contributed by atoms with Gasteiger partial charge < -0.3 is 14.6 Å². The Kier molecular flexibility index (Phi) is 3.48. The summed E-state index contributed by atoms with van der Waals surface area (Å²) in [7, 11) is 1.52. The molecule has 0 spiro atoms. The monoisotopic (exact) mass is 244 g/mol. The molecule has 0 aliphatic carbocycles. The largest absolute Gasteiger partial charge is 0.497 e. The summed E-state index contributed by atoms with van der Waals surface area (Å²) in [5, 5.41) is 9.09. The van der Waals surface area contributed by atoms with Gasteiger partial charge >= 0.3 is 5.97 Å². The summed E-state index contributed by atoms with van der Waals surface area (Å²) in [6.45, 7) is 0. The number of carboxylic acids is 1. The van der Waals surface area contributed by atoms with E-state index in [1.807, 2.05) is 18.2 Å². The van der Waals surface area contributed by atoms with Crippen LogP contribution in [0.1, 0.15) is 10.4 Å². The lowest BCUT2D eigenvalue weighted by Crippen LogP contribution is -2.00. The average molecular weight is 244 g/mol. The Morgan fingerprint density at radius 3 is 2.39 bits per heavy atom. The van der Waals surface area contributed by atoms with Crippen molar-refractivity contribution in [2.45, 2.75) is 0 Å². The van der Waals surface area contributed by atoms with Crippen molar-refractivity contribution in [1.29, 1.82) is 0 Å². The van der Waals surface area contributed by atoms with Gasteiger partial charge in [0, 0.05) is 6.07 Å². The van der Waals surface area contributed by atoms with Gasteiger partial charge in [-0.1, -0.05) is 18.2 Å². The van der Waals surface area contributed by atoms with Gasteiger partial charge in [0.2, 0.25) is 0 Å². The first kappa shape index (κ1) is 12.0. The number of carboxylic acid groups (broad SMARTS) is 1. The summed E-state index contributed by atoms with van der Waals surface area (Å²) >= 11 is 0. The Morgan fingerprint density at radius 1 is 1.06 bits per heavy atom. The maximum atomic E-state index is 11.1. The van der Waals surface area contributed by atoms with E-state index >= 15 is 0 Å². The molecule has 0 heterocycles. The van der Waals surface area contributed by atoms with Gasteiger partial charge in [0.15, 0.2) is 0 Å². The zero-order valence-electron chi connectivity index (χ0n) is 9.79. The van der Waals surface area contributed by atoms with Gasteiger partial charge in [-0.15, -0.1) is 0 Å². The van der Waals surface area contributed by atoms with Crippen LogP contribution in [0.4, 0.5) is 0 Å². The second kappa shape index (κ2) is 5.23. The number of hydrogen-bond donors (Lipinski definition) is 1. The van der Waals surface area contributed by atoms with Crippen molar-refractivity contribution < 1.29 is 19.4 Å². The molecule has 4 nitrogen and oxygen atoms in total. The number of ether oxygens (including phenoxy) is 2. The Hall–Kier alpha value is -2.49. The van der Waals surface area contributed by atoms with Crippen LogP contribution in [0, 0.1) is 0 Å². The summed E-state index contributed by atoms with van der Waals surface area (Å²) in [6, 6.07) is 13.6. The molecule has 0 saturated carbocycles. The van der Waals surface area contributed by atoms with E-state index in [0.717, 1.165) is 0 Å². The fourth-order valence-corrected chi connectivity index (χ4v) is 1.51. The van der Waals surface area contributed by atoms with Gasteiger partial charge in [0.25, 0.3) is 0 Å². The van der Waals surface area contributed by atoms with E-state index in [-0.39, 0.29) is 11.3 Å². The first-order valence-electron chi connectivity index (χ1n) is 5.35. The lowest BCUT2D eigenvalue weighted by Gasteiger charge is -2.10. The number of hydrogen-bond acceptors (Lipinski definition) is 3. The van der Waals surface area contributed by atoms with Crippen LogP contribution in [-0.4, -0.2) is 18.2 Å². The van der Waals surface area contributed by atoms with Crippen LogP contribution >= 0.6 is 0 Å². The van der Waals surface area contributed by atoms with Crippen LogP contribution < -0.4 is 9.47 Å². The molecule has 92 valence electrons. The van der Waals surface area contributed by atoms with Crippen LogP contribution in [0.25, 0.3) is 0 Å². The van der Waals surface area contributed by atoms with Crippen LogP contribution in [0.3, 0.4) is 0 Å². The van der Waals surface area contributed by atoms with Gasteiger partial charge in [0.1, 0.15) is 22.8 Å². The zero-order valence-corrected chi connectivity index (χ0v) is 9.79. The number of para-hydroxylation sites is 1. The number of benzene rings is 2. The van der Waals surface area contributed by atoms with E-state index in [2.05, 4.69) is 0 Å². The predicted octanol–water partition coefficient (Wildman–Crippen LogP) is 3.19. The molecular formula is C14H12O4. The standard InChI is InChI=1S/C14H12O4/c1-17-11-7-8-12(14(15)16)13(9-11)18-10-5-3-2-4-6-10/h2-9H,1H3,(H,15,16). The first-order valence-corrected chi connectivity index (χ1v) is 5.35. The molecule has 0 unspecified atom stereocenters. The molecule has 0 aromatic heterocycles. The van der Waals surface area contributed by atoms with Crippen LogP contribution in [0.5, 0.6) is 17.2 Å². The van der Waals surface area contributed by atoms with Crippen molar-refractivity contribution in [2.75, 3.05) is 7.11 Å². The number of carbonyl (C=O) groups is 1. The second-order valence-electron chi connectivity index (χ2n) is 3.58. The molecule has 18 heavy (non-hydrogen) atoms. The fraction of sp³-hybridized carbons (Fsp3) is 0.0714. The van der Waals surface area contributed by atoms with Gasteiger partial charge in [-0.2, -0.15) is 0 Å². The number of methoxy groups -OCH3 is 1. The highest BCUT2D eigenvalue weighted by molar-refractivity contribution is 5.91. The molecule has 1 N–H and O–H groups in total. The Balaban J connectivity index is 2.38. The molecule has 0 bridgehead atoms. The summed E-state index contributed by atoms with van der Waals surface area (Å²) in [5.74, 6) is 0.343. The third-order valence-electron chi connectivity index (χ3n) is 2.39. The van der Waals surface area contributed by atoms with Crippen molar-refractivity contribution in [3.8, 4) is 17.2 Å². The van der Waals surface area contributed by atoms with Crippen molar-refractivity contribution in [1.82, 2.24) is 0 Å². The minimum Gasteiger partial charge on any atom is -0.497 e. The van der Waals surface area contributed by atoms with Crippen LogP contribution in [0.2, 0.25) is 0 Å². The minimum atomic E-state index is -1.04. The molecule has 2 aromatic carbocycles. The highest BCUT2D eigenvalue weighted by Gasteiger charge is 2.13. The molecule has 0 aliphatic rings. The molecule has 2 aromatic rings. The first-order chi connectivity index (χ1) is 8.70. The summed E-state index contributed by atoms with van der Waals surface area (Å²) in [5.41, 5.74) is 0.0969. The van der Waals surface area contributed by atoms with Crippen LogP contribution in [-0.2, 0) is 0 Å². The SMILES string of the molecule is COc1ccc(C(=O)O)c(Oc2ccccc2)c1. The molecule has 0 amide bonds. The van der Waals surface area contributed by atoms with Crippen molar-refractivity contribution in [3.05, 3.63) is 54.1 Å². The minimum absolute atomic E-state index is 0.0969. The average Bonchev–Trinajstić information content (AvgIpc) is 2.39. The normalized spacial score (nSPS) is 9.83. The third kappa shape index (κ3) is 2.60. The molecule has 2 rings (SSSR count). The lowest BCUT2D eigenvalue weighted by atomic mass is 10.2. The zero-order chi connectivity index (χ0) is 13.0. The van der Waals surface area contributed by atoms with Gasteiger partial charge in [-0.3, -0.25) is 0 Å². The van der Waals surface area contributed by atoms with Gasteiger partial charge in [-0.05, 0) is 24.3 Å². The maximum Gasteiger partial charge on any atom is 0.339 e. The number of aromatic carboxylic acids is 1. The molecule has 0 fully saturated rings. The quantitative estimate of drug-likeness (QED) is 0.897. The topological polar surface area (TPSA) is 55.8 Å². The predicted molar refractivity (Wildman–Crippen MR) is 66.5 cm³/mol. The fourth-order valence-electron chi connectivity index (χ4n) is 1.51. The van der Waals surface area contributed by atoms with Crippen molar-refractivity contribution >= 4 is 5.97 Å². The van der Waals surface area contributed by atoms with Crippen molar-refractivity contribution in [2.24, 2.45) is 0 Å². The Labute approximate surface area is 104 Å².